The summed E-state index contributed by atoms with van der Waals surface area (Å²) < 4.78 is 0. The molecule has 0 bridgehead atoms. The third-order valence-electron chi connectivity index (χ3n) is 5.61. The van der Waals surface area contributed by atoms with Crippen LogP contribution >= 0.6 is 11.8 Å². The number of fused-ring (bicyclic) bond motifs is 2. The van der Waals surface area contributed by atoms with Crippen LogP contribution in [-0.2, 0) is 11.2 Å². The Balaban J connectivity index is 1.38. The van der Waals surface area contributed by atoms with Crippen molar-refractivity contribution >= 4 is 34.5 Å². The van der Waals surface area contributed by atoms with Gasteiger partial charge in [0, 0.05) is 24.7 Å². The monoisotopic (exact) mass is 406 g/mol. The van der Waals surface area contributed by atoms with Crippen molar-refractivity contribution in [1.82, 2.24) is 20.3 Å². The number of carbonyl (C=O) groups is 1. The molecule has 0 spiro atoms. The van der Waals surface area contributed by atoms with Gasteiger partial charge in [-0.2, -0.15) is 0 Å². The van der Waals surface area contributed by atoms with Crippen LogP contribution in [0.2, 0.25) is 0 Å². The second kappa shape index (κ2) is 7.20. The maximum atomic E-state index is 13.0. The van der Waals surface area contributed by atoms with Crippen LogP contribution in [0.15, 0.2) is 47.9 Å². The fraction of sp³-hybridized carbons (Fsp3) is 0.286. The van der Waals surface area contributed by atoms with Crippen LogP contribution in [0.1, 0.15) is 22.7 Å². The van der Waals surface area contributed by atoms with Gasteiger partial charge in [-0.3, -0.25) is 4.79 Å². The number of rotatable bonds is 3. The second-order valence-electron chi connectivity index (χ2n) is 7.44. The molecule has 0 saturated carbocycles. The third kappa shape index (κ3) is 3.18. The quantitative estimate of drug-likeness (QED) is 0.618. The highest BCUT2D eigenvalue weighted by Gasteiger charge is 2.32. The lowest BCUT2D eigenvalue weighted by Gasteiger charge is -2.26. The number of nitrogens with one attached hydrogen (secondary N) is 2. The van der Waals surface area contributed by atoms with E-state index in [1.165, 1.54) is 5.56 Å². The minimum Gasteiger partial charge on any atom is -0.347 e. The molecule has 8 heteroatoms. The van der Waals surface area contributed by atoms with Gasteiger partial charge in [0.2, 0.25) is 0 Å². The van der Waals surface area contributed by atoms with E-state index in [-0.39, 0.29) is 18.0 Å². The van der Waals surface area contributed by atoms with Crippen LogP contribution in [0.5, 0.6) is 0 Å². The highest BCUT2D eigenvalue weighted by molar-refractivity contribution is 8.04. The number of aryl methyl sites for hydroxylation is 1. The van der Waals surface area contributed by atoms with Gasteiger partial charge in [0.25, 0.3) is 5.91 Å². The first-order valence-electron chi connectivity index (χ1n) is 9.66. The summed E-state index contributed by atoms with van der Waals surface area (Å²) in [6, 6.07) is 7.86. The molecule has 1 aliphatic heterocycles. The molecule has 0 unspecified atom stereocenters. The number of H-pyrrole nitrogens is 1. The summed E-state index contributed by atoms with van der Waals surface area (Å²) in [6.07, 6.45) is 6.14. The van der Waals surface area contributed by atoms with Crippen molar-refractivity contribution in [2.45, 2.75) is 25.4 Å². The first-order valence-corrected chi connectivity index (χ1v) is 10.6. The molecule has 1 aromatic carbocycles. The van der Waals surface area contributed by atoms with E-state index in [1.54, 1.807) is 18.1 Å². The van der Waals surface area contributed by atoms with E-state index in [9.17, 15) is 4.79 Å². The Morgan fingerprint density at radius 3 is 3.07 bits per heavy atom. The fourth-order valence-electron chi connectivity index (χ4n) is 4.11. The molecule has 3 aromatic rings. The van der Waals surface area contributed by atoms with Gasteiger partial charge in [-0.05, 0) is 30.0 Å². The number of anilines is 1. The van der Waals surface area contributed by atoms with Crippen molar-refractivity contribution in [2.75, 3.05) is 17.2 Å². The lowest BCUT2D eigenvalue weighted by atomic mass is 10.1. The smallest absolute Gasteiger partial charge is 0.259 e. The van der Waals surface area contributed by atoms with Crippen LogP contribution in [-0.4, -0.2) is 39.2 Å². The number of nitrogens with two attached hydrogens (primary N) is 1. The maximum Gasteiger partial charge on any atom is 0.259 e. The number of hydrogen-bond acceptors (Lipinski definition) is 6. The first kappa shape index (κ1) is 18.2. The molecule has 3 heterocycles. The number of hydrogen-bond donors (Lipinski definition) is 3. The molecule has 2 aliphatic rings. The standard InChI is InChI=1S/C21H22N6OS/c1-12-9-23-19-17(12)20(25-11-24-19)27-6-7-29-16(10-27)21(28)26-15-8-13-4-2-3-5-14(13)18(15)22/h2-5,9-11,15,18H,6-8,22H2,1H3,(H,26,28)(H,23,24,25)/t15-,18+/m0/s1. The number of aromatic amines is 1. The number of nitrogens with zero attached hydrogens (tertiary/aromatic N) is 3. The maximum absolute atomic E-state index is 13.0. The van der Waals surface area contributed by atoms with Gasteiger partial charge in [-0.25, -0.2) is 9.97 Å². The Morgan fingerprint density at radius 2 is 2.21 bits per heavy atom. The minimum atomic E-state index is -0.176. The SMILES string of the molecule is Cc1c[nH]c2ncnc(N3C=C(C(=O)N[C@H]4Cc5ccccc5[C@H]4N)SCC3)c12. The Bertz CT molecular complexity index is 1120. The van der Waals surface area contributed by atoms with Crippen molar-refractivity contribution in [1.29, 1.82) is 0 Å². The summed E-state index contributed by atoms with van der Waals surface area (Å²) >= 11 is 1.57. The van der Waals surface area contributed by atoms with Gasteiger partial charge in [0.1, 0.15) is 17.8 Å². The van der Waals surface area contributed by atoms with E-state index in [4.69, 9.17) is 5.73 Å². The lowest BCUT2D eigenvalue weighted by Crippen LogP contribution is -2.42. The summed E-state index contributed by atoms with van der Waals surface area (Å²) in [6.45, 7) is 2.81. The molecule has 0 fully saturated rings. The molecule has 29 heavy (non-hydrogen) atoms. The van der Waals surface area contributed by atoms with Crippen LogP contribution < -0.4 is 16.0 Å². The summed E-state index contributed by atoms with van der Waals surface area (Å²) in [4.78, 5) is 27.7. The summed E-state index contributed by atoms with van der Waals surface area (Å²) in [5.41, 5.74) is 10.6. The van der Waals surface area contributed by atoms with E-state index < -0.39 is 0 Å². The van der Waals surface area contributed by atoms with E-state index in [1.807, 2.05) is 42.4 Å². The molecule has 7 nitrogen and oxygen atoms in total. The second-order valence-corrected chi connectivity index (χ2v) is 8.57. The highest BCUT2D eigenvalue weighted by atomic mass is 32.2. The molecule has 1 amide bonds. The topological polar surface area (TPSA) is 99.9 Å². The predicted molar refractivity (Wildman–Crippen MR) is 116 cm³/mol. The molecular formula is C21H22N6OS. The van der Waals surface area contributed by atoms with E-state index in [2.05, 4.69) is 26.3 Å². The van der Waals surface area contributed by atoms with Gasteiger partial charge >= 0.3 is 0 Å². The number of thioether (sulfide) groups is 1. The summed E-state index contributed by atoms with van der Waals surface area (Å²) in [5, 5.41) is 4.13. The van der Waals surface area contributed by atoms with E-state index >= 15 is 0 Å². The molecule has 2 atom stereocenters. The number of carbonyl (C=O) groups excluding carboxylic acids is 1. The number of amides is 1. The molecule has 1 aliphatic carbocycles. The van der Waals surface area contributed by atoms with Gasteiger partial charge in [-0.15, -0.1) is 11.8 Å². The normalized spacial score (nSPS) is 21.2. The Morgan fingerprint density at radius 1 is 1.34 bits per heavy atom. The molecule has 5 rings (SSSR count). The first-order chi connectivity index (χ1) is 14.1. The van der Waals surface area contributed by atoms with E-state index in [0.717, 1.165) is 46.7 Å². The molecule has 0 saturated heterocycles. The lowest BCUT2D eigenvalue weighted by molar-refractivity contribution is -0.117. The van der Waals surface area contributed by atoms with Gasteiger partial charge in [0.05, 0.1) is 22.4 Å². The molecule has 148 valence electrons. The summed E-state index contributed by atoms with van der Waals surface area (Å²) in [7, 11) is 0. The van der Waals surface area contributed by atoms with Gasteiger partial charge < -0.3 is 20.9 Å². The predicted octanol–water partition coefficient (Wildman–Crippen LogP) is 2.40. The average Bonchev–Trinajstić information content (AvgIpc) is 3.28. The van der Waals surface area contributed by atoms with Crippen molar-refractivity contribution in [3.05, 3.63) is 64.6 Å². The van der Waals surface area contributed by atoms with Crippen LogP contribution in [0.4, 0.5) is 5.82 Å². The molecule has 4 N–H and O–H groups in total. The fourth-order valence-corrected chi connectivity index (χ4v) is 5.01. The van der Waals surface area contributed by atoms with Crippen LogP contribution in [0, 0.1) is 6.92 Å². The Labute approximate surface area is 172 Å². The van der Waals surface area contributed by atoms with Gasteiger partial charge in [0.15, 0.2) is 0 Å². The van der Waals surface area contributed by atoms with Crippen molar-refractivity contribution < 1.29 is 4.79 Å². The molecule has 0 radical (unpaired) electrons. The molecule has 2 aromatic heterocycles. The largest absolute Gasteiger partial charge is 0.347 e. The minimum absolute atomic E-state index is 0.0796. The van der Waals surface area contributed by atoms with Gasteiger partial charge in [-0.1, -0.05) is 24.3 Å². The summed E-state index contributed by atoms with van der Waals surface area (Å²) in [5.74, 6) is 1.55. The third-order valence-corrected chi connectivity index (χ3v) is 6.60. The zero-order valence-electron chi connectivity index (χ0n) is 16.1. The number of benzene rings is 1. The van der Waals surface area contributed by atoms with E-state index in [0.29, 0.717) is 4.91 Å². The van der Waals surface area contributed by atoms with Crippen LogP contribution in [0.25, 0.3) is 11.0 Å². The van der Waals surface area contributed by atoms with Crippen molar-refractivity contribution in [3.63, 3.8) is 0 Å². The van der Waals surface area contributed by atoms with Crippen molar-refractivity contribution in [3.8, 4) is 0 Å². The Kier molecular flexibility index (Phi) is 4.52. The van der Waals surface area contributed by atoms with Crippen LogP contribution in [0.3, 0.4) is 0 Å². The van der Waals surface area contributed by atoms with Crippen molar-refractivity contribution in [2.24, 2.45) is 5.73 Å². The average molecular weight is 407 g/mol. The zero-order chi connectivity index (χ0) is 20.0. The Hall–Kier alpha value is -2.84. The zero-order valence-corrected chi connectivity index (χ0v) is 16.9. The molecular weight excluding hydrogens is 384 g/mol. The number of aromatic nitrogens is 3. The highest BCUT2D eigenvalue weighted by Crippen LogP contribution is 2.32.